The molecule has 0 bridgehead atoms. The van der Waals surface area contributed by atoms with Crippen LogP contribution in [0.4, 0.5) is 4.39 Å². The Morgan fingerprint density at radius 3 is 2.94 bits per heavy atom. The van der Waals surface area contributed by atoms with Crippen LogP contribution in [0.25, 0.3) is 10.9 Å². The molecule has 0 saturated carbocycles. The largest absolute Gasteiger partial charge is 0.304 e. The molecule has 0 aliphatic carbocycles. The van der Waals surface area contributed by atoms with Gasteiger partial charge in [0, 0.05) is 4.92 Å². The molecule has 0 radical (unpaired) electrons. The Hall–Kier alpha value is -2.31. The fourth-order valence-electron chi connectivity index (χ4n) is 1.39. The standard InChI is InChI=1S/C9H6FN3O3/c10-5-2-1-3-6-8(5)9(14)12-7(11-6)4-13(15)16/h1-3H,4H2,(H,11,12,14). The van der Waals surface area contributed by atoms with E-state index in [0.717, 1.165) is 6.07 Å². The van der Waals surface area contributed by atoms with Crippen LogP contribution in [-0.2, 0) is 6.54 Å². The van der Waals surface area contributed by atoms with Crippen LogP contribution in [0.2, 0.25) is 0 Å². The highest BCUT2D eigenvalue weighted by Gasteiger charge is 2.10. The Labute approximate surface area is 87.9 Å². The molecule has 7 heteroatoms. The third kappa shape index (κ3) is 1.74. The van der Waals surface area contributed by atoms with Crippen LogP contribution >= 0.6 is 0 Å². The number of benzene rings is 1. The molecule has 0 spiro atoms. The summed E-state index contributed by atoms with van der Waals surface area (Å²) < 4.78 is 13.2. The van der Waals surface area contributed by atoms with E-state index in [0.29, 0.717) is 0 Å². The first-order valence-corrected chi connectivity index (χ1v) is 4.37. The maximum Gasteiger partial charge on any atom is 0.261 e. The molecule has 0 amide bonds. The number of nitro groups is 1. The van der Waals surface area contributed by atoms with E-state index in [9.17, 15) is 19.3 Å². The van der Waals surface area contributed by atoms with Crippen molar-refractivity contribution in [2.75, 3.05) is 0 Å². The molecule has 82 valence electrons. The van der Waals surface area contributed by atoms with Gasteiger partial charge in [0.2, 0.25) is 0 Å². The van der Waals surface area contributed by atoms with Crippen LogP contribution in [0.1, 0.15) is 5.82 Å². The van der Waals surface area contributed by atoms with E-state index in [1.54, 1.807) is 0 Å². The Kier molecular flexibility index (Phi) is 2.35. The lowest BCUT2D eigenvalue weighted by Gasteiger charge is -1.99. The van der Waals surface area contributed by atoms with Crippen LogP contribution in [-0.4, -0.2) is 14.9 Å². The van der Waals surface area contributed by atoms with Crippen LogP contribution in [0, 0.1) is 15.9 Å². The van der Waals surface area contributed by atoms with Crippen molar-refractivity contribution in [3.8, 4) is 0 Å². The number of rotatable bonds is 2. The number of aromatic amines is 1. The Morgan fingerprint density at radius 1 is 1.50 bits per heavy atom. The molecule has 0 saturated heterocycles. The predicted molar refractivity (Wildman–Crippen MR) is 53.0 cm³/mol. The molecule has 1 aromatic heterocycles. The van der Waals surface area contributed by atoms with Gasteiger partial charge in [0.25, 0.3) is 12.1 Å². The molecule has 1 N–H and O–H groups in total. The zero-order valence-electron chi connectivity index (χ0n) is 7.94. The lowest BCUT2D eigenvalue weighted by molar-refractivity contribution is -0.498. The van der Waals surface area contributed by atoms with Gasteiger partial charge in [-0.3, -0.25) is 14.9 Å². The topological polar surface area (TPSA) is 88.9 Å². The number of halogens is 1. The number of hydrogen-bond acceptors (Lipinski definition) is 4. The second-order valence-electron chi connectivity index (χ2n) is 3.14. The van der Waals surface area contributed by atoms with Crippen molar-refractivity contribution in [2.45, 2.75) is 6.54 Å². The average molecular weight is 223 g/mol. The molecule has 1 heterocycles. The first-order valence-electron chi connectivity index (χ1n) is 4.37. The molecule has 0 atom stereocenters. The molecule has 6 nitrogen and oxygen atoms in total. The Morgan fingerprint density at radius 2 is 2.25 bits per heavy atom. The summed E-state index contributed by atoms with van der Waals surface area (Å²) in [5, 5.41) is 10.1. The number of fused-ring (bicyclic) bond motifs is 1. The zero-order valence-corrected chi connectivity index (χ0v) is 7.94. The fourth-order valence-corrected chi connectivity index (χ4v) is 1.39. The van der Waals surface area contributed by atoms with E-state index in [4.69, 9.17) is 0 Å². The van der Waals surface area contributed by atoms with Crippen LogP contribution in [0.15, 0.2) is 23.0 Å². The number of aromatic nitrogens is 2. The normalized spacial score (nSPS) is 10.6. The highest BCUT2D eigenvalue weighted by Crippen LogP contribution is 2.10. The van der Waals surface area contributed by atoms with Gasteiger partial charge >= 0.3 is 0 Å². The van der Waals surface area contributed by atoms with E-state index in [1.165, 1.54) is 12.1 Å². The van der Waals surface area contributed by atoms with Gasteiger partial charge in [-0.05, 0) is 12.1 Å². The predicted octanol–water partition coefficient (Wildman–Crippen LogP) is 0.839. The van der Waals surface area contributed by atoms with Crippen molar-refractivity contribution < 1.29 is 9.31 Å². The summed E-state index contributed by atoms with van der Waals surface area (Å²) in [4.78, 5) is 27.0. The van der Waals surface area contributed by atoms with Crippen LogP contribution in [0.5, 0.6) is 0 Å². The number of hydrogen-bond donors (Lipinski definition) is 1. The number of nitrogens with zero attached hydrogens (tertiary/aromatic N) is 2. The molecule has 0 aliphatic rings. The van der Waals surface area contributed by atoms with Gasteiger partial charge in [-0.25, -0.2) is 9.37 Å². The lowest BCUT2D eigenvalue weighted by Crippen LogP contribution is -2.15. The second kappa shape index (κ2) is 3.69. The van der Waals surface area contributed by atoms with Crippen molar-refractivity contribution in [1.29, 1.82) is 0 Å². The molecular formula is C9H6FN3O3. The highest BCUT2D eigenvalue weighted by molar-refractivity contribution is 5.77. The van der Waals surface area contributed by atoms with E-state index in [-0.39, 0.29) is 16.7 Å². The molecule has 1 aromatic carbocycles. The Bertz CT molecular complexity index is 623. The number of nitrogens with one attached hydrogen (secondary N) is 1. The van der Waals surface area contributed by atoms with E-state index < -0.39 is 22.8 Å². The molecule has 16 heavy (non-hydrogen) atoms. The summed E-state index contributed by atoms with van der Waals surface area (Å²) in [5.41, 5.74) is -0.597. The Balaban J connectivity index is 2.69. The van der Waals surface area contributed by atoms with Crippen molar-refractivity contribution in [3.05, 3.63) is 50.3 Å². The van der Waals surface area contributed by atoms with Gasteiger partial charge < -0.3 is 4.98 Å². The first-order chi connectivity index (χ1) is 7.58. The summed E-state index contributed by atoms with van der Waals surface area (Å²) in [5.74, 6) is -0.785. The molecule has 2 aromatic rings. The van der Waals surface area contributed by atoms with Gasteiger partial charge in [0.05, 0.1) is 5.52 Å². The third-order valence-corrected chi connectivity index (χ3v) is 2.01. The van der Waals surface area contributed by atoms with Crippen molar-refractivity contribution in [3.63, 3.8) is 0 Å². The quantitative estimate of drug-likeness (QED) is 0.603. The SMILES string of the molecule is O=c1[nH]c(C[N+](=O)[O-])nc2cccc(F)c12. The van der Waals surface area contributed by atoms with Gasteiger partial charge in [-0.15, -0.1) is 0 Å². The average Bonchev–Trinajstić information content (AvgIpc) is 2.15. The summed E-state index contributed by atoms with van der Waals surface area (Å²) in [7, 11) is 0. The minimum atomic E-state index is -0.708. The van der Waals surface area contributed by atoms with E-state index in [1.807, 2.05) is 0 Å². The summed E-state index contributed by atoms with van der Waals surface area (Å²) in [6, 6.07) is 3.95. The fraction of sp³-hybridized carbons (Fsp3) is 0.111. The first kappa shape index (κ1) is 10.2. The smallest absolute Gasteiger partial charge is 0.261 e. The van der Waals surface area contributed by atoms with Gasteiger partial charge in [0.15, 0.2) is 5.82 Å². The lowest BCUT2D eigenvalue weighted by atomic mass is 10.2. The highest BCUT2D eigenvalue weighted by atomic mass is 19.1. The summed E-state index contributed by atoms with van der Waals surface area (Å²) >= 11 is 0. The van der Waals surface area contributed by atoms with E-state index >= 15 is 0 Å². The minimum absolute atomic E-state index is 0.0897. The maximum atomic E-state index is 13.2. The second-order valence-corrected chi connectivity index (χ2v) is 3.14. The molecular weight excluding hydrogens is 217 g/mol. The van der Waals surface area contributed by atoms with Crippen LogP contribution in [0.3, 0.4) is 0 Å². The van der Waals surface area contributed by atoms with Crippen molar-refractivity contribution in [1.82, 2.24) is 9.97 Å². The van der Waals surface area contributed by atoms with Crippen molar-refractivity contribution >= 4 is 10.9 Å². The summed E-state index contributed by atoms with van der Waals surface area (Å²) in [6.45, 7) is -0.596. The summed E-state index contributed by atoms with van der Waals surface area (Å²) in [6.07, 6.45) is 0. The van der Waals surface area contributed by atoms with Gasteiger partial charge in [-0.1, -0.05) is 6.07 Å². The van der Waals surface area contributed by atoms with Crippen LogP contribution < -0.4 is 5.56 Å². The molecule has 0 unspecified atom stereocenters. The van der Waals surface area contributed by atoms with Gasteiger partial charge in [0.1, 0.15) is 11.2 Å². The molecule has 2 rings (SSSR count). The minimum Gasteiger partial charge on any atom is -0.304 e. The van der Waals surface area contributed by atoms with Crippen molar-refractivity contribution in [2.24, 2.45) is 0 Å². The molecule has 0 fully saturated rings. The van der Waals surface area contributed by atoms with E-state index in [2.05, 4.69) is 9.97 Å². The monoisotopic (exact) mass is 223 g/mol. The maximum absolute atomic E-state index is 13.2. The third-order valence-electron chi connectivity index (χ3n) is 2.01. The zero-order chi connectivity index (χ0) is 11.7. The molecule has 0 aliphatic heterocycles. The van der Waals surface area contributed by atoms with Gasteiger partial charge in [-0.2, -0.15) is 0 Å². The number of H-pyrrole nitrogens is 1.